The molecule has 50 heavy (non-hydrogen) atoms. The molecular formula is C46H44O4. The number of benzene rings is 6. The molecule has 6 aromatic rings. The highest BCUT2D eigenvalue weighted by molar-refractivity contribution is 5.49. The van der Waals surface area contributed by atoms with Crippen molar-refractivity contribution in [1.29, 1.82) is 0 Å². The van der Waals surface area contributed by atoms with Crippen molar-refractivity contribution < 1.29 is 19.7 Å². The molecule has 0 aliphatic heterocycles. The van der Waals surface area contributed by atoms with Crippen LogP contribution in [0.2, 0.25) is 0 Å². The Hall–Kier alpha value is -4.84. The van der Waals surface area contributed by atoms with Gasteiger partial charge in [-0.2, -0.15) is 0 Å². The molecule has 1 fully saturated rings. The maximum atomic E-state index is 10.7. The average molecular weight is 661 g/mol. The fourth-order valence-corrected chi connectivity index (χ4v) is 8.14. The van der Waals surface area contributed by atoms with Gasteiger partial charge in [-0.3, -0.25) is 0 Å². The van der Waals surface area contributed by atoms with Gasteiger partial charge >= 0.3 is 0 Å². The van der Waals surface area contributed by atoms with Gasteiger partial charge in [0, 0.05) is 13.2 Å². The van der Waals surface area contributed by atoms with Crippen molar-refractivity contribution in [2.45, 2.75) is 11.2 Å². The summed E-state index contributed by atoms with van der Waals surface area (Å²) in [5, 5.41) is 21.4. The predicted molar refractivity (Wildman–Crippen MR) is 198 cm³/mol. The molecule has 0 aromatic heterocycles. The molecule has 2 N–H and O–H groups in total. The normalized spacial score (nSPS) is 19.1. The van der Waals surface area contributed by atoms with Crippen molar-refractivity contribution in [3.8, 4) is 0 Å². The Balaban J connectivity index is 1.27. The zero-order valence-electron chi connectivity index (χ0n) is 28.2. The van der Waals surface area contributed by atoms with E-state index in [0.717, 1.165) is 33.4 Å². The van der Waals surface area contributed by atoms with E-state index in [4.69, 9.17) is 9.47 Å². The van der Waals surface area contributed by atoms with Gasteiger partial charge < -0.3 is 19.7 Å². The number of aliphatic hydroxyl groups excluding tert-OH is 2. The highest BCUT2D eigenvalue weighted by atomic mass is 16.5. The van der Waals surface area contributed by atoms with Crippen LogP contribution in [0.5, 0.6) is 0 Å². The molecule has 1 aliphatic rings. The lowest BCUT2D eigenvalue weighted by atomic mass is 9.57. The second-order valence-corrected chi connectivity index (χ2v) is 13.2. The van der Waals surface area contributed by atoms with Crippen molar-refractivity contribution in [3.63, 3.8) is 0 Å². The van der Waals surface area contributed by atoms with Crippen LogP contribution in [0.15, 0.2) is 182 Å². The lowest BCUT2D eigenvalue weighted by Crippen LogP contribution is -2.55. The van der Waals surface area contributed by atoms with Crippen molar-refractivity contribution in [2.75, 3.05) is 26.4 Å². The molecule has 4 nitrogen and oxygen atoms in total. The van der Waals surface area contributed by atoms with Gasteiger partial charge in [-0.1, -0.05) is 182 Å². The lowest BCUT2D eigenvalue weighted by Gasteiger charge is -2.53. The topological polar surface area (TPSA) is 58.9 Å². The van der Waals surface area contributed by atoms with Gasteiger partial charge in [-0.05, 0) is 57.1 Å². The van der Waals surface area contributed by atoms with Crippen molar-refractivity contribution in [2.24, 2.45) is 23.7 Å². The summed E-state index contributed by atoms with van der Waals surface area (Å²) in [6.07, 6.45) is 0. The van der Waals surface area contributed by atoms with Crippen LogP contribution in [-0.4, -0.2) is 36.6 Å². The Kier molecular flexibility index (Phi) is 10.3. The first-order chi connectivity index (χ1) is 24.7. The summed E-state index contributed by atoms with van der Waals surface area (Å²) < 4.78 is 14.6. The van der Waals surface area contributed by atoms with E-state index in [1.807, 2.05) is 109 Å². The van der Waals surface area contributed by atoms with E-state index in [-0.39, 0.29) is 36.9 Å². The fraction of sp³-hybridized carbons (Fsp3) is 0.217. The van der Waals surface area contributed by atoms with E-state index in [9.17, 15) is 10.2 Å². The minimum atomic E-state index is -0.888. The standard InChI is InChI=1S/C46H44O4/c47-31-41-42(32-48)44(34-50-46(38-25-13-4-14-26-38,39-27-15-5-16-28-39)40-29-17-6-18-30-40)43(41)33-49-45(35-19-7-1-8-20-35,36-21-9-2-10-22-36)37-23-11-3-12-24-37/h1-30,41-44,47-48H,31-34H2. The molecule has 0 saturated heterocycles. The second-order valence-electron chi connectivity index (χ2n) is 13.2. The molecule has 252 valence electrons. The summed E-state index contributed by atoms with van der Waals surface area (Å²) in [7, 11) is 0. The Bertz CT molecular complexity index is 1550. The van der Waals surface area contributed by atoms with E-state index < -0.39 is 11.2 Å². The van der Waals surface area contributed by atoms with Gasteiger partial charge in [-0.15, -0.1) is 0 Å². The number of rotatable bonds is 14. The Morgan fingerprint density at radius 2 is 0.520 bits per heavy atom. The third-order valence-electron chi connectivity index (χ3n) is 10.7. The van der Waals surface area contributed by atoms with E-state index in [2.05, 4.69) is 72.8 Å². The maximum absolute atomic E-state index is 10.7. The average Bonchev–Trinajstić information content (AvgIpc) is 3.20. The smallest absolute Gasteiger partial charge is 0.143 e. The largest absolute Gasteiger partial charge is 0.396 e. The minimum absolute atomic E-state index is 0.0358. The summed E-state index contributed by atoms with van der Waals surface area (Å²) in [6, 6.07) is 62.2. The third kappa shape index (κ3) is 6.21. The minimum Gasteiger partial charge on any atom is -0.396 e. The second kappa shape index (κ2) is 15.4. The van der Waals surface area contributed by atoms with E-state index >= 15 is 0 Å². The van der Waals surface area contributed by atoms with Gasteiger partial charge in [0.1, 0.15) is 11.2 Å². The number of hydrogen-bond acceptors (Lipinski definition) is 4. The first-order valence-corrected chi connectivity index (χ1v) is 17.5. The third-order valence-corrected chi connectivity index (χ3v) is 10.7. The van der Waals surface area contributed by atoms with Gasteiger partial charge in [0.2, 0.25) is 0 Å². The number of hydrogen-bond donors (Lipinski definition) is 2. The summed E-state index contributed by atoms with van der Waals surface area (Å²) in [4.78, 5) is 0. The van der Waals surface area contributed by atoms with Crippen molar-refractivity contribution >= 4 is 0 Å². The molecule has 0 amide bonds. The SMILES string of the molecule is OCC1C(CO)C(COC(c2ccccc2)(c2ccccc2)c2ccccc2)C1COC(c1ccccc1)(c1ccccc1)c1ccccc1. The molecule has 7 rings (SSSR count). The van der Waals surface area contributed by atoms with Crippen LogP contribution in [0.1, 0.15) is 33.4 Å². The fourth-order valence-electron chi connectivity index (χ4n) is 8.14. The van der Waals surface area contributed by atoms with Gasteiger partial charge in [0.05, 0.1) is 13.2 Å². The molecule has 4 atom stereocenters. The van der Waals surface area contributed by atoms with Crippen LogP contribution >= 0.6 is 0 Å². The Labute approximate surface area is 295 Å². The van der Waals surface area contributed by atoms with Gasteiger partial charge in [0.25, 0.3) is 0 Å². The molecule has 4 unspecified atom stereocenters. The molecular weight excluding hydrogens is 617 g/mol. The Morgan fingerprint density at radius 1 is 0.320 bits per heavy atom. The summed E-state index contributed by atoms with van der Waals surface area (Å²) >= 11 is 0. The zero-order valence-corrected chi connectivity index (χ0v) is 28.2. The van der Waals surface area contributed by atoms with Crippen LogP contribution in [-0.2, 0) is 20.7 Å². The number of ether oxygens (including phenoxy) is 2. The van der Waals surface area contributed by atoms with Crippen LogP contribution in [0.3, 0.4) is 0 Å². The van der Waals surface area contributed by atoms with Crippen LogP contribution < -0.4 is 0 Å². The molecule has 0 spiro atoms. The van der Waals surface area contributed by atoms with E-state index in [0.29, 0.717) is 13.2 Å². The molecule has 6 aromatic carbocycles. The van der Waals surface area contributed by atoms with E-state index in [1.54, 1.807) is 0 Å². The van der Waals surface area contributed by atoms with Crippen LogP contribution in [0, 0.1) is 23.7 Å². The highest BCUT2D eigenvalue weighted by Crippen LogP contribution is 2.50. The number of aliphatic hydroxyl groups is 2. The predicted octanol–water partition coefficient (Wildman–Crippen LogP) is 8.47. The van der Waals surface area contributed by atoms with Crippen LogP contribution in [0.4, 0.5) is 0 Å². The quantitative estimate of drug-likeness (QED) is 0.115. The zero-order chi connectivity index (χ0) is 34.2. The molecule has 4 heteroatoms. The Morgan fingerprint density at radius 3 is 0.700 bits per heavy atom. The highest BCUT2D eigenvalue weighted by Gasteiger charge is 2.52. The summed E-state index contributed by atoms with van der Waals surface area (Å²) in [5.74, 6) is -0.387. The molecule has 1 saturated carbocycles. The van der Waals surface area contributed by atoms with Crippen molar-refractivity contribution in [1.82, 2.24) is 0 Å². The molecule has 0 heterocycles. The van der Waals surface area contributed by atoms with Gasteiger partial charge in [-0.25, -0.2) is 0 Å². The van der Waals surface area contributed by atoms with Gasteiger partial charge in [0.15, 0.2) is 0 Å². The summed E-state index contributed by atoms with van der Waals surface area (Å²) in [5.41, 5.74) is 4.39. The van der Waals surface area contributed by atoms with Crippen LogP contribution in [0.25, 0.3) is 0 Å². The molecule has 1 aliphatic carbocycles. The first kappa shape index (κ1) is 33.6. The van der Waals surface area contributed by atoms with E-state index in [1.165, 1.54) is 0 Å². The molecule has 0 radical (unpaired) electrons. The summed E-state index contributed by atoms with van der Waals surface area (Å²) in [6.45, 7) is 0.658. The molecule has 0 bridgehead atoms. The lowest BCUT2D eigenvalue weighted by molar-refractivity contribution is -0.165. The first-order valence-electron chi connectivity index (χ1n) is 17.5. The maximum Gasteiger partial charge on any atom is 0.143 e. The monoisotopic (exact) mass is 660 g/mol. The van der Waals surface area contributed by atoms with Crippen molar-refractivity contribution in [3.05, 3.63) is 215 Å².